The van der Waals surface area contributed by atoms with Crippen LogP contribution in [0, 0.1) is 11.2 Å². The maximum Gasteiger partial charge on any atom is 0.161 e. The molecule has 0 saturated heterocycles. The van der Waals surface area contributed by atoms with Crippen LogP contribution in [0.4, 0.5) is 10.1 Å². The highest BCUT2D eigenvalue weighted by molar-refractivity contribution is 8.14. The number of aliphatic imine (C=N–C) groups is 1. The molecule has 1 aliphatic heterocycles. The van der Waals surface area contributed by atoms with Gasteiger partial charge < -0.3 is 5.32 Å². The molecule has 1 saturated carbocycles. The van der Waals surface area contributed by atoms with E-state index in [0.717, 1.165) is 23.2 Å². The molecule has 0 aromatic heterocycles. The SMILES string of the molecule is Fc1ccc(NC2=NCC3(CCCCC3)CS2)c(Cl)c1. The zero-order valence-electron chi connectivity index (χ0n) is 11.3. The maximum atomic E-state index is 13.0. The summed E-state index contributed by atoms with van der Waals surface area (Å²) in [6.45, 7) is 0.904. The summed E-state index contributed by atoms with van der Waals surface area (Å²) in [6.07, 6.45) is 6.64. The van der Waals surface area contributed by atoms with E-state index in [0.29, 0.717) is 10.4 Å². The Hall–Kier alpha value is -0.740. The van der Waals surface area contributed by atoms with Gasteiger partial charge in [-0.15, -0.1) is 0 Å². The van der Waals surface area contributed by atoms with Crippen molar-refractivity contribution in [3.05, 3.63) is 29.0 Å². The third-order valence-corrected chi connectivity index (χ3v) is 5.73. The number of nitrogens with zero attached hydrogens (tertiary/aromatic N) is 1. The van der Waals surface area contributed by atoms with Gasteiger partial charge in [-0.2, -0.15) is 0 Å². The fraction of sp³-hybridized carbons (Fsp3) is 0.533. The molecule has 1 fully saturated rings. The molecule has 1 aliphatic carbocycles. The Labute approximate surface area is 128 Å². The van der Waals surface area contributed by atoms with Crippen molar-refractivity contribution in [2.45, 2.75) is 32.1 Å². The van der Waals surface area contributed by atoms with Crippen LogP contribution in [0.5, 0.6) is 0 Å². The van der Waals surface area contributed by atoms with E-state index in [1.54, 1.807) is 17.8 Å². The number of halogens is 2. The minimum Gasteiger partial charge on any atom is -0.334 e. The lowest BCUT2D eigenvalue weighted by molar-refractivity contribution is 0.232. The van der Waals surface area contributed by atoms with Crippen LogP contribution in [0.25, 0.3) is 0 Å². The van der Waals surface area contributed by atoms with E-state index in [1.807, 2.05) is 0 Å². The van der Waals surface area contributed by atoms with E-state index in [4.69, 9.17) is 11.6 Å². The van der Waals surface area contributed by atoms with Crippen molar-refractivity contribution < 1.29 is 4.39 Å². The molecule has 0 radical (unpaired) electrons. The lowest BCUT2D eigenvalue weighted by atomic mass is 9.75. The van der Waals surface area contributed by atoms with Gasteiger partial charge in [-0.05, 0) is 36.5 Å². The van der Waals surface area contributed by atoms with E-state index >= 15 is 0 Å². The quantitative estimate of drug-likeness (QED) is 0.794. The van der Waals surface area contributed by atoms with Gasteiger partial charge in [0.05, 0.1) is 10.7 Å². The Balaban J connectivity index is 1.67. The Bertz CT molecular complexity index is 527. The van der Waals surface area contributed by atoms with Gasteiger partial charge in [0.1, 0.15) is 5.82 Å². The fourth-order valence-electron chi connectivity index (χ4n) is 2.94. The van der Waals surface area contributed by atoms with E-state index < -0.39 is 0 Å². The van der Waals surface area contributed by atoms with Crippen LogP contribution in [0.3, 0.4) is 0 Å². The smallest absolute Gasteiger partial charge is 0.161 e. The van der Waals surface area contributed by atoms with Crippen molar-refractivity contribution >= 4 is 34.2 Å². The number of thioether (sulfide) groups is 1. The molecule has 20 heavy (non-hydrogen) atoms. The third kappa shape index (κ3) is 3.12. The molecule has 0 unspecified atom stereocenters. The van der Waals surface area contributed by atoms with Crippen molar-refractivity contribution in [1.82, 2.24) is 0 Å². The molecule has 2 nitrogen and oxygen atoms in total. The summed E-state index contributed by atoms with van der Waals surface area (Å²) in [5.74, 6) is 0.803. The number of benzene rings is 1. The largest absolute Gasteiger partial charge is 0.334 e. The molecule has 0 atom stereocenters. The number of anilines is 1. The van der Waals surface area contributed by atoms with E-state index in [9.17, 15) is 4.39 Å². The summed E-state index contributed by atoms with van der Waals surface area (Å²) in [7, 11) is 0. The minimum absolute atomic E-state index is 0.319. The van der Waals surface area contributed by atoms with Crippen molar-refractivity contribution in [1.29, 1.82) is 0 Å². The first kappa shape index (κ1) is 14.2. The van der Waals surface area contributed by atoms with Crippen LogP contribution in [0.1, 0.15) is 32.1 Å². The van der Waals surface area contributed by atoms with Crippen molar-refractivity contribution in [3.63, 3.8) is 0 Å². The van der Waals surface area contributed by atoms with E-state index in [-0.39, 0.29) is 5.82 Å². The zero-order valence-corrected chi connectivity index (χ0v) is 12.9. The van der Waals surface area contributed by atoms with E-state index in [2.05, 4.69) is 10.3 Å². The molecular weight excluding hydrogens is 295 g/mol. The molecule has 5 heteroatoms. The van der Waals surface area contributed by atoms with Gasteiger partial charge in [-0.25, -0.2) is 4.39 Å². The number of hydrogen-bond donors (Lipinski definition) is 1. The van der Waals surface area contributed by atoms with Crippen LogP contribution < -0.4 is 5.32 Å². The van der Waals surface area contributed by atoms with Gasteiger partial charge in [0, 0.05) is 12.3 Å². The summed E-state index contributed by atoms with van der Waals surface area (Å²) in [5.41, 5.74) is 1.14. The second-order valence-corrected chi connectivity index (χ2v) is 7.09. The molecule has 0 amide bonds. The first-order valence-corrected chi connectivity index (χ1v) is 8.43. The van der Waals surface area contributed by atoms with Crippen LogP contribution in [0.2, 0.25) is 5.02 Å². The number of amidine groups is 1. The molecule has 1 spiro atoms. The molecular formula is C15H18ClFN2S. The second kappa shape index (κ2) is 5.94. The Morgan fingerprint density at radius 1 is 1.25 bits per heavy atom. The van der Waals surface area contributed by atoms with Gasteiger partial charge in [0.2, 0.25) is 0 Å². The van der Waals surface area contributed by atoms with Crippen LogP contribution >= 0.6 is 23.4 Å². The second-order valence-electron chi connectivity index (χ2n) is 5.72. The fourth-order valence-corrected chi connectivity index (χ4v) is 4.31. The Morgan fingerprint density at radius 2 is 2.05 bits per heavy atom. The first-order chi connectivity index (χ1) is 9.67. The van der Waals surface area contributed by atoms with Crippen molar-refractivity contribution in [3.8, 4) is 0 Å². The molecule has 1 aromatic rings. The minimum atomic E-state index is -0.319. The lowest BCUT2D eigenvalue weighted by Gasteiger charge is -2.38. The predicted octanol–water partition coefficient (Wildman–Crippen LogP) is 4.94. The Kier molecular flexibility index (Phi) is 4.22. The van der Waals surface area contributed by atoms with Gasteiger partial charge in [-0.3, -0.25) is 4.99 Å². The highest BCUT2D eigenvalue weighted by atomic mass is 35.5. The Morgan fingerprint density at radius 3 is 2.70 bits per heavy atom. The maximum absolute atomic E-state index is 13.0. The average Bonchev–Trinajstić information content (AvgIpc) is 2.45. The summed E-state index contributed by atoms with van der Waals surface area (Å²) >= 11 is 7.79. The topological polar surface area (TPSA) is 24.4 Å². The van der Waals surface area contributed by atoms with Gasteiger partial charge in [-0.1, -0.05) is 42.6 Å². The molecule has 1 heterocycles. The summed E-state index contributed by atoms with van der Waals surface area (Å²) in [4.78, 5) is 4.68. The number of nitrogens with one attached hydrogen (secondary N) is 1. The number of hydrogen-bond acceptors (Lipinski definition) is 3. The van der Waals surface area contributed by atoms with Gasteiger partial charge in [0.25, 0.3) is 0 Å². The van der Waals surface area contributed by atoms with E-state index in [1.165, 1.54) is 44.2 Å². The van der Waals surface area contributed by atoms with Crippen LogP contribution in [-0.2, 0) is 0 Å². The molecule has 2 aliphatic rings. The normalized spacial score (nSPS) is 21.6. The molecule has 0 bridgehead atoms. The summed E-state index contributed by atoms with van der Waals surface area (Å²) < 4.78 is 13.0. The average molecular weight is 313 g/mol. The third-order valence-electron chi connectivity index (χ3n) is 4.16. The molecule has 108 valence electrons. The summed E-state index contributed by atoms with van der Waals surface area (Å²) in [5, 5.41) is 4.51. The van der Waals surface area contributed by atoms with Crippen LogP contribution in [0.15, 0.2) is 23.2 Å². The lowest BCUT2D eigenvalue weighted by Crippen LogP contribution is -2.35. The van der Waals surface area contributed by atoms with Crippen molar-refractivity contribution in [2.75, 3.05) is 17.6 Å². The van der Waals surface area contributed by atoms with Crippen LogP contribution in [-0.4, -0.2) is 17.5 Å². The summed E-state index contributed by atoms with van der Waals surface area (Å²) in [6, 6.07) is 4.39. The van der Waals surface area contributed by atoms with Gasteiger partial charge >= 0.3 is 0 Å². The highest BCUT2D eigenvalue weighted by Crippen LogP contribution is 2.42. The monoisotopic (exact) mass is 312 g/mol. The van der Waals surface area contributed by atoms with Gasteiger partial charge in [0.15, 0.2) is 5.17 Å². The first-order valence-electron chi connectivity index (χ1n) is 7.06. The molecule has 1 aromatic carbocycles. The highest BCUT2D eigenvalue weighted by Gasteiger charge is 2.34. The standard InChI is InChI=1S/C15H18ClFN2S/c16-12-8-11(17)4-5-13(12)19-14-18-9-15(10-20-14)6-2-1-3-7-15/h4-5,8H,1-3,6-7,9-10H2,(H,18,19). The zero-order chi connectivity index (χ0) is 14.0. The molecule has 1 N–H and O–H groups in total. The van der Waals surface area contributed by atoms with Crippen molar-refractivity contribution in [2.24, 2.45) is 10.4 Å². The number of rotatable bonds is 1. The predicted molar refractivity (Wildman–Crippen MR) is 85.3 cm³/mol. The molecule has 3 rings (SSSR count).